The highest BCUT2D eigenvalue weighted by molar-refractivity contribution is 6.30. The molecule has 0 saturated carbocycles. The van der Waals surface area contributed by atoms with Gasteiger partial charge in [0.1, 0.15) is 0 Å². The average Bonchev–Trinajstić information content (AvgIpc) is 2.70. The van der Waals surface area contributed by atoms with E-state index >= 15 is 0 Å². The van der Waals surface area contributed by atoms with Gasteiger partial charge in [-0.15, -0.1) is 0 Å². The maximum Gasteiger partial charge on any atom is 0.244 e. The molecule has 29 heavy (non-hydrogen) atoms. The van der Waals surface area contributed by atoms with Gasteiger partial charge in [0.25, 0.3) is 0 Å². The van der Waals surface area contributed by atoms with E-state index in [2.05, 4.69) is 10.6 Å². The minimum atomic E-state index is -0.298. The minimum absolute atomic E-state index is 0.193. The lowest BCUT2D eigenvalue weighted by molar-refractivity contribution is -0.116. The smallest absolute Gasteiger partial charge is 0.244 e. The number of hydrogen-bond donors (Lipinski definition) is 2. The molecule has 0 saturated heterocycles. The van der Waals surface area contributed by atoms with Gasteiger partial charge in [-0.05, 0) is 53.0 Å². The van der Waals surface area contributed by atoms with Gasteiger partial charge in [0.15, 0.2) is 0 Å². The van der Waals surface area contributed by atoms with Crippen molar-refractivity contribution in [2.45, 2.75) is 13.8 Å². The first-order valence-electron chi connectivity index (χ1n) is 9.16. The fourth-order valence-electron chi connectivity index (χ4n) is 2.32. The Morgan fingerprint density at radius 3 is 1.45 bits per heavy atom. The molecule has 0 heterocycles. The second kappa shape index (κ2) is 10.8. The Morgan fingerprint density at radius 1 is 0.759 bits per heavy atom. The summed E-state index contributed by atoms with van der Waals surface area (Å²) < 4.78 is 0. The molecule has 6 heteroatoms. The van der Waals surface area contributed by atoms with Gasteiger partial charge in [-0.1, -0.05) is 61.3 Å². The third kappa shape index (κ3) is 8.99. The van der Waals surface area contributed by atoms with E-state index in [1.54, 1.807) is 36.4 Å². The summed E-state index contributed by atoms with van der Waals surface area (Å²) in [5, 5.41) is 7.02. The van der Waals surface area contributed by atoms with Crippen molar-refractivity contribution in [3.63, 3.8) is 0 Å². The summed E-state index contributed by atoms with van der Waals surface area (Å²) in [6, 6.07) is 14.4. The Bertz CT molecular complexity index is 813. The molecule has 0 aliphatic heterocycles. The molecule has 2 N–H and O–H groups in total. The van der Waals surface area contributed by atoms with Crippen molar-refractivity contribution in [2.75, 3.05) is 13.1 Å². The van der Waals surface area contributed by atoms with Crippen molar-refractivity contribution in [3.05, 3.63) is 81.9 Å². The molecule has 2 amide bonds. The molecule has 4 nitrogen and oxygen atoms in total. The predicted octanol–water partition coefficient (Wildman–Crippen LogP) is 4.98. The molecule has 0 radical (unpaired) electrons. The molecule has 0 fully saturated rings. The number of halogens is 2. The summed E-state index contributed by atoms with van der Waals surface area (Å²) in [7, 11) is 0. The highest BCUT2D eigenvalue weighted by Crippen LogP contribution is 2.13. The summed E-state index contributed by atoms with van der Waals surface area (Å²) in [6.45, 7) is 4.80. The van der Waals surface area contributed by atoms with Crippen LogP contribution in [-0.2, 0) is 9.59 Å². The zero-order chi connectivity index (χ0) is 21.3. The van der Waals surface area contributed by atoms with E-state index < -0.39 is 0 Å². The van der Waals surface area contributed by atoms with Crippen LogP contribution in [0.15, 0.2) is 60.7 Å². The van der Waals surface area contributed by atoms with Gasteiger partial charge < -0.3 is 10.6 Å². The van der Waals surface area contributed by atoms with Crippen LogP contribution in [-0.4, -0.2) is 24.9 Å². The third-order valence-electron chi connectivity index (χ3n) is 4.08. The summed E-state index contributed by atoms with van der Waals surface area (Å²) in [5.41, 5.74) is 1.49. The first-order valence-corrected chi connectivity index (χ1v) is 9.92. The molecular weight excluding hydrogens is 407 g/mol. The molecule has 152 valence electrons. The summed E-state index contributed by atoms with van der Waals surface area (Å²) >= 11 is 11.7. The molecule has 0 spiro atoms. The molecular formula is C23H24Cl2N2O2. The fraction of sp³-hybridized carbons (Fsp3) is 0.217. The quantitative estimate of drug-likeness (QED) is 0.580. The van der Waals surface area contributed by atoms with E-state index in [9.17, 15) is 9.59 Å². The Hall–Kier alpha value is -2.56. The van der Waals surface area contributed by atoms with Crippen LogP contribution in [0.5, 0.6) is 0 Å². The normalized spacial score (nSPS) is 11.7. The second-order valence-corrected chi connectivity index (χ2v) is 8.24. The van der Waals surface area contributed by atoms with Gasteiger partial charge >= 0.3 is 0 Å². The Labute approximate surface area is 181 Å². The maximum atomic E-state index is 12.0. The van der Waals surface area contributed by atoms with Crippen molar-refractivity contribution in [3.8, 4) is 0 Å². The van der Waals surface area contributed by atoms with Gasteiger partial charge in [-0.25, -0.2) is 0 Å². The number of nitrogens with one attached hydrogen (secondary N) is 2. The van der Waals surface area contributed by atoms with Gasteiger partial charge in [0.05, 0.1) is 0 Å². The average molecular weight is 431 g/mol. The van der Waals surface area contributed by atoms with Gasteiger partial charge in [-0.2, -0.15) is 0 Å². The lowest BCUT2D eigenvalue weighted by atomic mass is 9.93. The Balaban J connectivity index is 1.75. The fourth-order valence-corrected chi connectivity index (χ4v) is 2.58. The first kappa shape index (κ1) is 22.7. The zero-order valence-corrected chi connectivity index (χ0v) is 17.9. The van der Waals surface area contributed by atoms with Crippen LogP contribution in [0.4, 0.5) is 0 Å². The van der Waals surface area contributed by atoms with E-state index in [0.29, 0.717) is 23.1 Å². The molecule has 2 aromatic rings. The van der Waals surface area contributed by atoms with Crippen LogP contribution in [0.2, 0.25) is 10.0 Å². The minimum Gasteiger partial charge on any atom is -0.352 e. The zero-order valence-electron chi connectivity index (χ0n) is 16.4. The third-order valence-corrected chi connectivity index (χ3v) is 4.58. The summed E-state index contributed by atoms with van der Waals surface area (Å²) in [6.07, 6.45) is 6.41. The van der Waals surface area contributed by atoms with E-state index in [0.717, 1.165) is 11.1 Å². The lowest BCUT2D eigenvalue weighted by Gasteiger charge is -2.24. The van der Waals surface area contributed by atoms with Crippen molar-refractivity contribution in [1.82, 2.24) is 10.6 Å². The molecule has 0 aliphatic rings. The van der Waals surface area contributed by atoms with E-state index in [-0.39, 0.29) is 17.2 Å². The van der Waals surface area contributed by atoms with Crippen LogP contribution < -0.4 is 10.6 Å². The van der Waals surface area contributed by atoms with Crippen molar-refractivity contribution in [1.29, 1.82) is 0 Å². The highest BCUT2D eigenvalue weighted by Gasteiger charge is 2.19. The number of amides is 2. The molecule has 0 atom stereocenters. The number of benzene rings is 2. The molecule has 2 rings (SSSR count). The van der Waals surface area contributed by atoms with E-state index in [1.807, 2.05) is 38.1 Å². The first-order chi connectivity index (χ1) is 13.7. The number of carbonyl (C=O) groups is 2. The van der Waals surface area contributed by atoms with Crippen molar-refractivity contribution < 1.29 is 9.59 Å². The van der Waals surface area contributed by atoms with Crippen LogP contribution in [0.25, 0.3) is 12.2 Å². The lowest BCUT2D eigenvalue weighted by Crippen LogP contribution is -2.41. The van der Waals surface area contributed by atoms with E-state index in [4.69, 9.17) is 23.2 Å². The second-order valence-electron chi connectivity index (χ2n) is 7.37. The topological polar surface area (TPSA) is 58.2 Å². The summed E-state index contributed by atoms with van der Waals surface area (Å²) in [5.74, 6) is -0.385. The Kier molecular flexibility index (Phi) is 8.50. The molecule has 0 aliphatic carbocycles. The van der Waals surface area contributed by atoms with Crippen LogP contribution in [0.1, 0.15) is 25.0 Å². The maximum absolute atomic E-state index is 12.0. The van der Waals surface area contributed by atoms with Gasteiger partial charge in [-0.3, -0.25) is 9.59 Å². The molecule has 0 bridgehead atoms. The SMILES string of the molecule is CC(C)(CNC(=O)/C=C/c1ccc(Cl)cc1)CNC(=O)/C=C/c1ccc(Cl)cc1. The predicted molar refractivity (Wildman–Crippen MR) is 121 cm³/mol. The van der Waals surface area contributed by atoms with Crippen LogP contribution in [0.3, 0.4) is 0 Å². The molecule has 0 aromatic heterocycles. The summed E-state index contributed by atoms with van der Waals surface area (Å²) in [4.78, 5) is 24.0. The van der Waals surface area contributed by atoms with Crippen molar-refractivity contribution >= 4 is 47.2 Å². The number of rotatable bonds is 8. The number of hydrogen-bond acceptors (Lipinski definition) is 2. The Morgan fingerprint density at radius 2 is 1.10 bits per heavy atom. The number of carbonyl (C=O) groups excluding carboxylic acids is 2. The molecule has 0 unspecified atom stereocenters. The standard InChI is InChI=1S/C23H24Cl2N2O2/c1-23(2,15-26-21(28)13-7-17-3-9-19(24)10-4-17)16-27-22(29)14-8-18-5-11-20(25)12-6-18/h3-14H,15-16H2,1-2H3,(H,26,28)(H,27,29)/b13-7+,14-8+. The highest BCUT2D eigenvalue weighted by atomic mass is 35.5. The van der Waals surface area contributed by atoms with Crippen LogP contribution >= 0.6 is 23.2 Å². The molecule has 2 aromatic carbocycles. The van der Waals surface area contributed by atoms with Crippen molar-refractivity contribution in [2.24, 2.45) is 5.41 Å². The van der Waals surface area contributed by atoms with Gasteiger partial charge in [0, 0.05) is 35.3 Å². The monoisotopic (exact) mass is 430 g/mol. The van der Waals surface area contributed by atoms with Crippen LogP contribution in [0, 0.1) is 5.41 Å². The largest absolute Gasteiger partial charge is 0.352 e. The van der Waals surface area contributed by atoms with E-state index in [1.165, 1.54) is 12.2 Å². The van der Waals surface area contributed by atoms with Gasteiger partial charge in [0.2, 0.25) is 11.8 Å².